The number of rotatable bonds is 9. The van der Waals surface area contributed by atoms with Gasteiger partial charge in [-0.1, -0.05) is 37.3 Å². The molecule has 0 fully saturated rings. The zero-order valence-electron chi connectivity index (χ0n) is 13.1. The van der Waals surface area contributed by atoms with Gasteiger partial charge < -0.3 is 10.2 Å². The van der Waals surface area contributed by atoms with Gasteiger partial charge in [0.2, 0.25) is 5.91 Å². The maximum absolute atomic E-state index is 11.9. The first kappa shape index (κ1) is 16.7. The molecule has 0 aliphatic heterocycles. The molecule has 1 aromatic rings. The number of amides is 1. The summed E-state index contributed by atoms with van der Waals surface area (Å²) >= 11 is 0. The third-order valence-electron chi connectivity index (χ3n) is 3.69. The van der Waals surface area contributed by atoms with Gasteiger partial charge >= 0.3 is 0 Å². The lowest BCUT2D eigenvalue weighted by Gasteiger charge is -2.19. The van der Waals surface area contributed by atoms with E-state index < -0.39 is 0 Å². The third kappa shape index (κ3) is 6.71. The molecule has 0 aliphatic rings. The summed E-state index contributed by atoms with van der Waals surface area (Å²) in [7, 11) is 1.89. The second kappa shape index (κ2) is 9.54. The fraction of sp³-hybridized carbons (Fsp3) is 0.588. The minimum Gasteiger partial charge on any atom is -0.345 e. The normalized spacial score (nSPS) is 12.2. The van der Waals surface area contributed by atoms with Crippen molar-refractivity contribution in [1.29, 1.82) is 0 Å². The molecule has 1 atom stereocenters. The Hall–Kier alpha value is -1.35. The van der Waals surface area contributed by atoms with Crippen molar-refractivity contribution in [3.63, 3.8) is 0 Å². The van der Waals surface area contributed by atoms with E-state index in [0.717, 1.165) is 32.2 Å². The van der Waals surface area contributed by atoms with Crippen LogP contribution in [0.5, 0.6) is 0 Å². The number of benzene rings is 1. The minimum absolute atomic E-state index is 0.185. The van der Waals surface area contributed by atoms with Gasteiger partial charge in [0.1, 0.15) is 0 Å². The second-order valence-corrected chi connectivity index (χ2v) is 5.45. The molecule has 1 N–H and O–H groups in total. The summed E-state index contributed by atoms with van der Waals surface area (Å²) < 4.78 is 0. The van der Waals surface area contributed by atoms with Gasteiger partial charge in [-0.15, -0.1) is 0 Å². The highest BCUT2D eigenvalue weighted by atomic mass is 16.2. The molecule has 3 heteroatoms. The molecule has 112 valence electrons. The first-order valence-electron chi connectivity index (χ1n) is 7.64. The van der Waals surface area contributed by atoms with E-state index in [1.54, 1.807) is 0 Å². The largest absolute Gasteiger partial charge is 0.345 e. The van der Waals surface area contributed by atoms with Crippen molar-refractivity contribution < 1.29 is 4.79 Å². The molecule has 0 aliphatic carbocycles. The van der Waals surface area contributed by atoms with Crippen LogP contribution in [0.15, 0.2) is 30.3 Å². The Balaban J connectivity index is 2.13. The number of unbranched alkanes of at least 4 members (excludes halogenated alkanes) is 1. The molecule has 3 nitrogen and oxygen atoms in total. The molecule has 0 saturated heterocycles. The third-order valence-corrected chi connectivity index (χ3v) is 3.69. The summed E-state index contributed by atoms with van der Waals surface area (Å²) in [6, 6.07) is 10.9. The van der Waals surface area contributed by atoms with Gasteiger partial charge in [0.25, 0.3) is 0 Å². The number of carbonyl (C=O) groups is 1. The van der Waals surface area contributed by atoms with E-state index in [-0.39, 0.29) is 5.91 Å². The van der Waals surface area contributed by atoms with E-state index in [1.165, 1.54) is 5.56 Å². The van der Waals surface area contributed by atoms with Crippen LogP contribution in [-0.2, 0) is 11.2 Å². The van der Waals surface area contributed by atoms with Crippen molar-refractivity contribution in [2.24, 2.45) is 0 Å². The van der Waals surface area contributed by atoms with E-state index >= 15 is 0 Å². The number of likely N-dealkylation sites (N-methyl/N-ethyl adjacent to an activating group) is 1. The molecule has 1 rings (SSSR count). The van der Waals surface area contributed by atoms with Crippen LogP contribution in [-0.4, -0.2) is 37.0 Å². The van der Waals surface area contributed by atoms with E-state index in [0.29, 0.717) is 12.6 Å². The molecule has 0 heterocycles. The minimum atomic E-state index is 0.185. The fourth-order valence-electron chi connectivity index (χ4n) is 1.99. The monoisotopic (exact) mass is 276 g/mol. The van der Waals surface area contributed by atoms with E-state index in [9.17, 15) is 4.79 Å². The van der Waals surface area contributed by atoms with Crippen LogP contribution in [0, 0.1) is 0 Å². The number of carbonyl (C=O) groups excluding carboxylic acids is 1. The predicted molar refractivity (Wildman–Crippen MR) is 84.8 cm³/mol. The topological polar surface area (TPSA) is 32.3 Å². The fourth-order valence-corrected chi connectivity index (χ4v) is 1.99. The Kier molecular flexibility index (Phi) is 7.97. The van der Waals surface area contributed by atoms with E-state index in [4.69, 9.17) is 0 Å². The summed E-state index contributed by atoms with van der Waals surface area (Å²) in [6.07, 6.45) is 4.32. The van der Waals surface area contributed by atoms with Crippen LogP contribution in [0.3, 0.4) is 0 Å². The highest BCUT2D eigenvalue weighted by molar-refractivity contribution is 5.77. The SMILES string of the molecule is CCC(C)NCC(=O)N(C)CCCCc1ccccc1. The van der Waals surface area contributed by atoms with Gasteiger partial charge in [0.15, 0.2) is 0 Å². The first-order chi connectivity index (χ1) is 9.63. The Bertz CT molecular complexity index is 378. The number of nitrogens with one attached hydrogen (secondary N) is 1. The van der Waals surface area contributed by atoms with Crippen LogP contribution in [0.1, 0.15) is 38.7 Å². The average Bonchev–Trinajstić information content (AvgIpc) is 2.49. The molecule has 0 radical (unpaired) electrons. The van der Waals surface area contributed by atoms with Crippen molar-refractivity contribution in [1.82, 2.24) is 10.2 Å². The Morgan fingerprint density at radius 2 is 1.95 bits per heavy atom. The van der Waals surface area contributed by atoms with Crippen molar-refractivity contribution in [3.8, 4) is 0 Å². The molecule has 1 amide bonds. The standard InChI is InChI=1S/C17H28N2O/c1-4-15(2)18-14-17(20)19(3)13-9-8-12-16-10-6-5-7-11-16/h5-7,10-11,15,18H,4,8-9,12-14H2,1-3H3. The Morgan fingerprint density at radius 3 is 2.60 bits per heavy atom. The molecule has 1 unspecified atom stereocenters. The molecular formula is C17H28N2O. The maximum atomic E-state index is 11.9. The summed E-state index contributed by atoms with van der Waals surface area (Å²) in [5.41, 5.74) is 1.37. The molecule has 0 bridgehead atoms. The van der Waals surface area contributed by atoms with Crippen LogP contribution >= 0.6 is 0 Å². The summed E-state index contributed by atoms with van der Waals surface area (Å²) in [6.45, 7) is 5.51. The Labute approximate surface area is 123 Å². The number of hydrogen-bond donors (Lipinski definition) is 1. The molecular weight excluding hydrogens is 248 g/mol. The van der Waals surface area contributed by atoms with Gasteiger partial charge in [0, 0.05) is 19.6 Å². The van der Waals surface area contributed by atoms with Crippen molar-refractivity contribution >= 4 is 5.91 Å². The second-order valence-electron chi connectivity index (χ2n) is 5.45. The van der Waals surface area contributed by atoms with Crippen molar-refractivity contribution in [3.05, 3.63) is 35.9 Å². The number of aryl methyl sites for hydroxylation is 1. The smallest absolute Gasteiger partial charge is 0.236 e. The summed E-state index contributed by atoms with van der Waals surface area (Å²) in [4.78, 5) is 13.7. The summed E-state index contributed by atoms with van der Waals surface area (Å²) in [5, 5.41) is 3.24. The predicted octanol–water partition coefficient (Wildman–Crippen LogP) is 2.86. The van der Waals surface area contributed by atoms with E-state index in [1.807, 2.05) is 18.0 Å². The highest BCUT2D eigenvalue weighted by Crippen LogP contribution is 2.05. The molecule has 0 aromatic heterocycles. The first-order valence-corrected chi connectivity index (χ1v) is 7.64. The lowest BCUT2D eigenvalue weighted by molar-refractivity contribution is -0.129. The van der Waals surface area contributed by atoms with Crippen LogP contribution in [0.2, 0.25) is 0 Å². The lowest BCUT2D eigenvalue weighted by atomic mass is 10.1. The van der Waals surface area contributed by atoms with Gasteiger partial charge in [-0.3, -0.25) is 4.79 Å². The van der Waals surface area contributed by atoms with Gasteiger partial charge in [-0.2, -0.15) is 0 Å². The average molecular weight is 276 g/mol. The van der Waals surface area contributed by atoms with E-state index in [2.05, 4.69) is 43.4 Å². The van der Waals surface area contributed by atoms with Crippen LogP contribution in [0.4, 0.5) is 0 Å². The molecule has 1 aromatic carbocycles. The van der Waals surface area contributed by atoms with Gasteiger partial charge in [0.05, 0.1) is 6.54 Å². The molecule has 20 heavy (non-hydrogen) atoms. The van der Waals surface area contributed by atoms with Crippen LogP contribution in [0.25, 0.3) is 0 Å². The number of nitrogens with zero attached hydrogens (tertiary/aromatic N) is 1. The number of hydrogen-bond acceptors (Lipinski definition) is 2. The zero-order chi connectivity index (χ0) is 14.8. The summed E-state index contributed by atoms with van der Waals surface area (Å²) in [5.74, 6) is 0.185. The van der Waals surface area contributed by atoms with Gasteiger partial charge in [-0.25, -0.2) is 0 Å². The Morgan fingerprint density at radius 1 is 1.25 bits per heavy atom. The van der Waals surface area contributed by atoms with Gasteiger partial charge in [-0.05, 0) is 38.2 Å². The maximum Gasteiger partial charge on any atom is 0.236 e. The molecule has 0 spiro atoms. The quantitative estimate of drug-likeness (QED) is 0.703. The molecule has 0 saturated carbocycles. The van der Waals surface area contributed by atoms with Crippen LogP contribution < -0.4 is 5.32 Å². The highest BCUT2D eigenvalue weighted by Gasteiger charge is 2.09. The van der Waals surface area contributed by atoms with Crippen molar-refractivity contribution in [2.75, 3.05) is 20.1 Å². The zero-order valence-corrected chi connectivity index (χ0v) is 13.1. The van der Waals surface area contributed by atoms with Crippen molar-refractivity contribution in [2.45, 2.75) is 45.6 Å². The lowest BCUT2D eigenvalue weighted by Crippen LogP contribution is -2.39.